The van der Waals surface area contributed by atoms with Crippen molar-refractivity contribution in [1.29, 1.82) is 0 Å². The van der Waals surface area contributed by atoms with E-state index in [2.05, 4.69) is 32.3 Å². The van der Waals surface area contributed by atoms with Crippen molar-refractivity contribution in [3.63, 3.8) is 0 Å². The van der Waals surface area contributed by atoms with E-state index in [1.54, 1.807) is 21.3 Å². The highest BCUT2D eigenvalue weighted by molar-refractivity contribution is 7.99. The van der Waals surface area contributed by atoms with E-state index in [9.17, 15) is 0 Å². The Bertz CT molecular complexity index is 438. The second-order valence-corrected chi connectivity index (χ2v) is 7.04. The summed E-state index contributed by atoms with van der Waals surface area (Å²) in [5.74, 6) is 2.00. The van der Waals surface area contributed by atoms with E-state index in [1.807, 2.05) is 23.9 Å². The predicted octanol–water partition coefficient (Wildman–Crippen LogP) is 3.50. The van der Waals surface area contributed by atoms with Crippen molar-refractivity contribution in [2.24, 2.45) is 0 Å². The molecule has 0 aliphatic heterocycles. The lowest BCUT2D eigenvalue weighted by Gasteiger charge is -2.26. The highest BCUT2D eigenvalue weighted by Crippen LogP contribution is 2.39. The summed E-state index contributed by atoms with van der Waals surface area (Å²) in [5.41, 5.74) is 1.11. The Morgan fingerprint density at radius 3 is 2.00 bits per heavy atom. The van der Waals surface area contributed by atoms with Crippen LogP contribution in [0.4, 0.5) is 0 Å². The quantitative estimate of drug-likeness (QED) is 0.795. The third kappa shape index (κ3) is 4.71. The molecule has 4 nitrogen and oxygen atoms in total. The zero-order chi connectivity index (χ0) is 16.0. The maximum atomic E-state index is 5.40. The maximum absolute atomic E-state index is 5.40. The summed E-state index contributed by atoms with van der Waals surface area (Å²) in [6, 6.07) is 4.18. The van der Waals surface area contributed by atoms with Gasteiger partial charge in [-0.1, -0.05) is 0 Å². The van der Waals surface area contributed by atoms with Crippen molar-refractivity contribution in [3.05, 3.63) is 17.7 Å². The summed E-state index contributed by atoms with van der Waals surface area (Å²) in [6.07, 6.45) is 2.13. The Morgan fingerprint density at radius 2 is 1.62 bits per heavy atom. The zero-order valence-corrected chi connectivity index (χ0v) is 14.9. The van der Waals surface area contributed by atoms with E-state index in [0.717, 1.165) is 12.1 Å². The van der Waals surface area contributed by atoms with Crippen LogP contribution in [0.1, 0.15) is 32.4 Å². The molecule has 0 aromatic heterocycles. The van der Waals surface area contributed by atoms with Crippen molar-refractivity contribution in [1.82, 2.24) is 5.32 Å². The number of nitrogens with one attached hydrogen (secondary N) is 1. The van der Waals surface area contributed by atoms with Gasteiger partial charge in [-0.15, -0.1) is 0 Å². The SMILES string of the molecule is COc1cc(C(C)NCC(C)(C)SC)cc(OC)c1OC. The second kappa shape index (κ2) is 7.80. The highest BCUT2D eigenvalue weighted by atomic mass is 32.2. The summed E-state index contributed by atoms with van der Waals surface area (Å²) in [6.45, 7) is 7.52. The summed E-state index contributed by atoms with van der Waals surface area (Å²) in [7, 11) is 4.88. The summed E-state index contributed by atoms with van der Waals surface area (Å²) in [4.78, 5) is 0. The molecule has 5 heteroatoms. The van der Waals surface area contributed by atoms with Crippen molar-refractivity contribution in [2.75, 3.05) is 34.1 Å². The van der Waals surface area contributed by atoms with Gasteiger partial charge in [-0.2, -0.15) is 11.8 Å². The molecule has 1 rings (SSSR count). The zero-order valence-electron chi connectivity index (χ0n) is 14.1. The molecule has 21 heavy (non-hydrogen) atoms. The molecular formula is C16H27NO3S. The predicted molar refractivity (Wildman–Crippen MR) is 90.1 cm³/mol. The average Bonchev–Trinajstić information content (AvgIpc) is 2.50. The third-order valence-corrected chi connectivity index (χ3v) is 4.82. The fraction of sp³-hybridized carbons (Fsp3) is 0.625. The first-order valence-corrected chi connectivity index (χ1v) is 8.19. The van der Waals surface area contributed by atoms with Gasteiger partial charge in [0.05, 0.1) is 21.3 Å². The number of benzene rings is 1. The molecular weight excluding hydrogens is 286 g/mol. The van der Waals surface area contributed by atoms with E-state index in [1.165, 1.54) is 0 Å². The maximum Gasteiger partial charge on any atom is 0.203 e. The van der Waals surface area contributed by atoms with Crippen LogP contribution in [0.3, 0.4) is 0 Å². The van der Waals surface area contributed by atoms with Crippen LogP contribution in [-0.2, 0) is 0 Å². The highest BCUT2D eigenvalue weighted by Gasteiger charge is 2.19. The van der Waals surface area contributed by atoms with Crippen molar-refractivity contribution >= 4 is 11.8 Å². The van der Waals surface area contributed by atoms with Gasteiger partial charge in [0.1, 0.15) is 0 Å². The Morgan fingerprint density at radius 1 is 1.10 bits per heavy atom. The van der Waals surface area contributed by atoms with E-state index < -0.39 is 0 Å². The molecule has 120 valence electrons. The molecule has 0 amide bonds. The van der Waals surface area contributed by atoms with Gasteiger partial charge in [0.2, 0.25) is 5.75 Å². The number of ether oxygens (including phenoxy) is 3. The van der Waals surface area contributed by atoms with Gasteiger partial charge in [-0.05, 0) is 44.7 Å². The van der Waals surface area contributed by atoms with E-state index in [-0.39, 0.29) is 10.8 Å². The van der Waals surface area contributed by atoms with Crippen molar-refractivity contribution in [3.8, 4) is 17.2 Å². The minimum Gasteiger partial charge on any atom is -0.493 e. The molecule has 0 aliphatic rings. The fourth-order valence-electron chi connectivity index (χ4n) is 1.94. The molecule has 1 unspecified atom stereocenters. The van der Waals surface area contributed by atoms with Crippen molar-refractivity contribution in [2.45, 2.75) is 31.6 Å². The Hall–Kier alpha value is -1.07. The Kier molecular flexibility index (Phi) is 6.68. The standard InChI is InChI=1S/C16H27NO3S/c1-11(17-10-16(2,3)21-7)12-8-13(18-4)15(20-6)14(9-12)19-5/h8-9,11,17H,10H2,1-7H3. The lowest BCUT2D eigenvalue weighted by Crippen LogP contribution is -2.33. The van der Waals surface area contributed by atoms with E-state index in [0.29, 0.717) is 17.2 Å². The lowest BCUT2D eigenvalue weighted by atomic mass is 10.1. The number of hydrogen-bond acceptors (Lipinski definition) is 5. The fourth-order valence-corrected chi connectivity index (χ4v) is 2.17. The van der Waals surface area contributed by atoms with Crippen molar-refractivity contribution < 1.29 is 14.2 Å². The summed E-state index contributed by atoms with van der Waals surface area (Å²) in [5, 5.41) is 3.56. The normalized spacial score (nSPS) is 12.9. The van der Waals surface area contributed by atoms with Crippen LogP contribution in [0, 0.1) is 0 Å². The van der Waals surface area contributed by atoms with Crippen LogP contribution < -0.4 is 19.5 Å². The molecule has 1 aromatic carbocycles. The van der Waals surface area contributed by atoms with E-state index >= 15 is 0 Å². The number of hydrogen-bond donors (Lipinski definition) is 1. The minimum absolute atomic E-state index is 0.199. The van der Waals surface area contributed by atoms with Crippen LogP contribution in [0.5, 0.6) is 17.2 Å². The molecule has 1 aromatic rings. The van der Waals surface area contributed by atoms with Gasteiger partial charge in [-0.3, -0.25) is 0 Å². The Labute approximate surface area is 132 Å². The third-order valence-electron chi connectivity index (χ3n) is 3.57. The van der Waals surface area contributed by atoms with Crippen LogP contribution in [0.2, 0.25) is 0 Å². The molecule has 0 radical (unpaired) electrons. The monoisotopic (exact) mass is 313 g/mol. The van der Waals surface area contributed by atoms with Crippen LogP contribution in [0.15, 0.2) is 12.1 Å². The molecule has 1 N–H and O–H groups in total. The van der Waals surface area contributed by atoms with Crippen LogP contribution in [0.25, 0.3) is 0 Å². The van der Waals surface area contributed by atoms with E-state index in [4.69, 9.17) is 14.2 Å². The molecule has 0 aliphatic carbocycles. The van der Waals surface area contributed by atoms with Gasteiger partial charge in [0.25, 0.3) is 0 Å². The minimum atomic E-state index is 0.199. The molecule has 0 bridgehead atoms. The summed E-state index contributed by atoms with van der Waals surface area (Å²) < 4.78 is 16.4. The topological polar surface area (TPSA) is 39.7 Å². The van der Waals surface area contributed by atoms with Crippen LogP contribution in [-0.4, -0.2) is 38.9 Å². The smallest absolute Gasteiger partial charge is 0.203 e. The molecule has 0 spiro atoms. The Balaban J connectivity index is 2.97. The van der Waals surface area contributed by atoms with Gasteiger partial charge < -0.3 is 19.5 Å². The average molecular weight is 313 g/mol. The van der Waals surface area contributed by atoms with Crippen LogP contribution >= 0.6 is 11.8 Å². The largest absolute Gasteiger partial charge is 0.493 e. The van der Waals surface area contributed by atoms with Gasteiger partial charge in [0.15, 0.2) is 11.5 Å². The number of thioether (sulfide) groups is 1. The van der Waals surface area contributed by atoms with Gasteiger partial charge in [-0.25, -0.2) is 0 Å². The first kappa shape index (κ1) is 18.0. The molecule has 0 saturated heterocycles. The molecule has 0 saturated carbocycles. The number of rotatable bonds is 8. The number of methoxy groups -OCH3 is 3. The van der Waals surface area contributed by atoms with Gasteiger partial charge >= 0.3 is 0 Å². The molecule has 1 atom stereocenters. The molecule has 0 heterocycles. The lowest BCUT2D eigenvalue weighted by molar-refractivity contribution is 0.323. The van der Waals surface area contributed by atoms with Gasteiger partial charge in [0, 0.05) is 17.3 Å². The summed E-state index contributed by atoms with van der Waals surface area (Å²) >= 11 is 1.85. The second-order valence-electron chi connectivity index (χ2n) is 5.53. The first-order chi connectivity index (χ1) is 9.88. The molecule has 0 fully saturated rings. The first-order valence-electron chi connectivity index (χ1n) is 6.97.